The second-order valence-corrected chi connectivity index (χ2v) is 11.2. The molecule has 1 aliphatic rings. The van der Waals surface area contributed by atoms with Crippen molar-refractivity contribution in [2.75, 3.05) is 0 Å². The van der Waals surface area contributed by atoms with Crippen molar-refractivity contribution >= 4 is 12.6 Å². The van der Waals surface area contributed by atoms with Crippen LogP contribution >= 0.6 is 0 Å². The van der Waals surface area contributed by atoms with Gasteiger partial charge in [-0.3, -0.25) is 0 Å². The molecule has 41 heavy (non-hydrogen) atoms. The molecule has 0 bridgehead atoms. The van der Waals surface area contributed by atoms with Crippen LogP contribution in [0.5, 0.6) is 0 Å². The summed E-state index contributed by atoms with van der Waals surface area (Å²) in [6, 6.07) is 35.8. The summed E-state index contributed by atoms with van der Waals surface area (Å²) in [4.78, 5) is 14.7. The van der Waals surface area contributed by atoms with Gasteiger partial charge in [-0.05, 0) is 62.5 Å². The van der Waals surface area contributed by atoms with Crippen LogP contribution in [0.25, 0.3) is 45.3 Å². The first-order valence-corrected chi connectivity index (χ1v) is 13.6. The Kier molecular flexibility index (Phi) is 6.74. The summed E-state index contributed by atoms with van der Waals surface area (Å²) in [5.74, 6) is 1.73. The fourth-order valence-electron chi connectivity index (χ4n) is 4.73. The number of nitriles is 1. The van der Waals surface area contributed by atoms with Gasteiger partial charge in [-0.1, -0.05) is 84.9 Å². The quantitative estimate of drug-likeness (QED) is 0.232. The zero-order valence-corrected chi connectivity index (χ0v) is 23.5. The van der Waals surface area contributed by atoms with Crippen molar-refractivity contribution in [2.45, 2.75) is 38.9 Å². The average molecular weight is 536 g/mol. The van der Waals surface area contributed by atoms with Crippen molar-refractivity contribution in [3.63, 3.8) is 0 Å². The highest BCUT2D eigenvalue weighted by molar-refractivity contribution is 6.62. The van der Waals surface area contributed by atoms with Crippen LogP contribution in [0, 0.1) is 11.3 Å². The number of nitrogens with zero attached hydrogens (tertiary/aromatic N) is 4. The number of benzene rings is 4. The van der Waals surface area contributed by atoms with Crippen LogP contribution in [0.4, 0.5) is 0 Å². The molecule has 1 aliphatic heterocycles. The van der Waals surface area contributed by atoms with E-state index in [1.807, 2.05) is 125 Å². The van der Waals surface area contributed by atoms with E-state index in [4.69, 9.17) is 29.5 Å². The van der Waals surface area contributed by atoms with Crippen molar-refractivity contribution in [1.82, 2.24) is 15.0 Å². The Labute approximate surface area is 240 Å². The molecule has 7 heteroatoms. The summed E-state index contributed by atoms with van der Waals surface area (Å²) in [7, 11) is -0.487. The average Bonchev–Trinajstić information content (AvgIpc) is 3.23. The second kappa shape index (κ2) is 10.4. The third kappa shape index (κ3) is 5.28. The Morgan fingerprint density at radius 1 is 0.561 bits per heavy atom. The first kappa shape index (κ1) is 26.6. The molecular formula is C34H29BN4O2. The fourth-order valence-corrected chi connectivity index (χ4v) is 4.73. The second-order valence-electron chi connectivity index (χ2n) is 11.2. The molecule has 1 aromatic heterocycles. The molecule has 0 aliphatic carbocycles. The van der Waals surface area contributed by atoms with Crippen LogP contribution in [0.15, 0.2) is 103 Å². The lowest BCUT2D eigenvalue weighted by Gasteiger charge is -2.32. The van der Waals surface area contributed by atoms with Crippen LogP contribution in [0.3, 0.4) is 0 Å². The smallest absolute Gasteiger partial charge is 0.399 e. The van der Waals surface area contributed by atoms with Gasteiger partial charge in [0.15, 0.2) is 17.5 Å². The highest BCUT2D eigenvalue weighted by Crippen LogP contribution is 2.37. The highest BCUT2D eigenvalue weighted by atomic mass is 16.7. The number of rotatable bonds is 5. The zero-order chi connectivity index (χ0) is 28.6. The van der Waals surface area contributed by atoms with E-state index in [1.165, 1.54) is 0 Å². The molecule has 0 atom stereocenters. The predicted molar refractivity (Wildman–Crippen MR) is 162 cm³/mol. The topological polar surface area (TPSA) is 80.9 Å². The van der Waals surface area contributed by atoms with Crippen molar-refractivity contribution in [2.24, 2.45) is 0 Å². The lowest BCUT2D eigenvalue weighted by Crippen LogP contribution is -2.41. The number of aromatic nitrogens is 3. The maximum Gasteiger partial charge on any atom is 0.494 e. The van der Waals surface area contributed by atoms with Crippen LogP contribution in [-0.2, 0) is 9.31 Å². The van der Waals surface area contributed by atoms with Gasteiger partial charge in [0.25, 0.3) is 0 Å². The highest BCUT2D eigenvalue weighted by Gasteiger charge is 2.51. The Bertz CT molecular complexity index is 1750. The zero-order valence-electron chi connectivity index (χ0n) is 23.5. The Morgan fingerprint density at radius 3 is 1.68 bits per heavy atom. The molecule has 0 spiro atoms. The van der Waals surface area contributed by atoms with Gasteiger partial charge in [0.1, 0.15) is 0 Å². The minimum Gasteiger partial charge on any atom is -0.399 e. The first-order valence-electron chi connectivity index (χ1n) is 13.6. The largest absolute Gasteiger partial charge is 0.494 e. The Balaban J connectivity index is 1.43. The summed E-state index contributed by atoms with van der Waals surface area (Å²) in [5.41, 5.74) is 5.31. The minimum absolute atomic E-state index is 0.436. The fraction of sp³-hybridized carbons (Fsp3) is 0.176. The van der Waals surface area contributed by atoms with Gasteiger partial charge < -0.3 is 9.31 Å². The van der Waals surface area contributed by atoms with Crippen LogP contribution in [0.1, 0.15) is 33.3 Å². The van der Waals surface area contributed by atoms with Crippen LogP contribution < -0.4 is 5.46 Å². The van der Waals surface area contributed by atoms with E-state index < -0.39 is 18.3 Å². The van der Waals surface area contributed by atoms with E-state index in [1.54, 1.807) is 0 Å². The summed E-state index contributed by atoms with van der Waals surface area (Å²) >= 11 is 0. The molecule has 1 saturated heterocycles. The van der Waals surface area contributed by atoms with Gasteiger partial charge in [-0.15, -0.1) is 0 Å². The Morgan fingerprint density at radius 2 is 1.07 bits per heavy atom. The SMILES string of the molecule is CC1(C)OB(c2cccc(-c3nc(-c4ccccc4)nc(-c4cccc(-c5ccc(C#N)cc5)c4)n3)c2)OC1(C)C. The molecule has 0 N–H and O–H groups in total. The van der Waals surface area contributed by atoms with Gasteiger partial charge >= 0.3 is 7.12 Å². The molecule has 1 fully saturated rings. The third-order valence-electron chi connectivity index (χ3n) is 7.81. The normalized spacial score (nSPS) is 15.4. The molecule has 0 saturated carbocycles. The van der Waals surface area contributed by atoms with E-state index in [0.717, 1.165) is 33.3 Å². The third-order valence-corrected chi connectivity index (χ3v) is 7.81. The molecule has 4 aromatic carbocycles. The van der Waals surface area contributed by atoms with E-state index >= 15 is 0 Å². The molecule has 6 rings (SSSR count). The van der Waals surface area contributed by atoms with E-state index in [9.17, 15) is 0 Å². The number of hydrogen-bond acceptors (Lipinski definition) is 6. The van der Waals surface area contributed by atoms with E-state index in [-0.39, 0.29) is 0 Å². The monoisotopic (exact) mass is 536 g/mol. The van der Waals surface area contributed by atoms with Gasteiger partial charge in [0.05, 0.1) is 22.8 Å². The summed E-state index contributed by atoms with van der Waals surface area (Å²) in [5, 5.41) is 9.17. The summed E-state index contributed by atoms with van der Waals surface area (Å²) in [6.07, 6.45) is 0. The summed E-state index contributed by atoms with van der Waals surface area (Å²) in [6.45, 7) is 8.20. The number of hydrogen-bond donors (Lipinski definition) is 0. The molecule has 6 nitrogen and oxygen atoms in total. The minimum atomic E-state index is -0.487. The van der Waals surface area contributed by atoms with Crippen LogP contribution in [0.2, 0.25) is 0 Å². The molecule has 200 valence electrons. The van der Waals surface area contributed by atoms with Gasteiger partial charge in [0.2, 0.25) is 0 Å². The predicted octanol–water partition coefficient (Wildman–Crippen LogP) is 6.71. The van der Waals surface area contributed by atoms with Crippen molar-refractivity contribution in [3.05, 3.63) is 109 Å². The van der Waals surface area contributed by atoms with Gasteiger partial charge in [-0.2, -0.15) is 5.26 Å². The Hall–Kier alpha value is -4.64. The maximum absolute atomic E-state index is 9.17. The molecule has 5 aromatic rings. The van der Waals surface area contributed by atoms with Gasteiger partial charge in [-0.25, -0.2) is 15.0 Å². The van der Waals surface area contributed by atoms with Gasteiger partial charge in [0, 0.05) is 16.7 Å². The lowest BCUT2D eigenvalue weighted by atomic mass is 9.78. The van der Waals surface area contributed by atoms with E-state index in [0.29, 0.717) is 23.0 Å². The molecule has 0 unspecified atom stereocenters. The molecule has 0 radical (unpaired) electrons. The maximum atomic E-state index is 9.17. The first-order chi connectivity index (χ1) is 19.7. The van der Waals surface area contributed by atoms with Crippen molar-refractivity contribution in [3.8, 4) is 51.4 Å². The van der Waals surface area contributed by atoms with Crippen LogP contribution in [-0.4, -0.2) is 33.3 Å². The van der Waals surface area contributed by atoms with E-state index in [2.05, 4.69) is 12.1 Å². The summed E-state index contributed by atoms with van der Waals surface area (Å²) < 4.78 is 12.6. The molecular weight excluding hydrogens is 507 g/mol. The standard InChI is InChI=1S/C34H29BN4O2/c1-33(2)34(3,4)41-35(40-33)29-15-9-14-28(21-29)32-38-30(25-10-6-5-7-11-25)37-31(39-32)27-13-8-12-26(20-27)24-18-16-23(22-36)17-19-24/h5-21H,1-4H3. The van der Waals surface area contributed by atoms with Crippen molar-refractivity contribution in [1.29, 1.82) is 5.26 Å². The lowest BCUT2D eigenvalue weighted by molar-refractivity contribution is 0.00578. The molecule has 0 amide bonds. The van der Waals surface area contributed by atoms with Crippen molar-refractivity contribution < 1.29 is 9.31 Å². The molecule has 2 heterocycles.